The number of phenolic OH excluding ortho intramolecular Hbond substituents is 1. The third kappa shape index (κ3) is 1.90. The summed E-state index contributed by atoms with van der Waals surface area (Å²) in [5, 5.41) is 13.4. The fourth-order valence-corrected chi connectivity index (χ4v) is 2.58. The number of hydrogen-bond acceptors (Lipinski definition) is 3. The SMILES string of the molecule is CCN1C(=O)c2ccccc2N[C@@H]1c1ccccc1O. The predicted octanol–water partition coefficient (Wildman–Crippen LogP) is 2.98. The maximum absolute atomic E-state index is 12.5. The molecule has 1 aliphatic rings. The summed E-state index contributed by atoms with van der Waals surface area (Å²) in [4.78, 5) is 14.3. The number of anilines is 1. The van der Waals surface area contributed by atoms with Gasteiger partial charge in [-0.1, -0.05) is 30.3 Å². The summed E-state index contributed by atoms with van der Waals surface area (Å²) in [6.45, 7) is 2.50. The second kappa shape index (κ2) is 4.89. The molecule has 2 aromatic carbocycles. The quantitative estimate of drug-likeness (QED) is 0.880. The fourth-order valence-electron chi connectivity index (χ4n) is 2.58. The number of carbonyl (C=O) groups is 1. The maximum atomic E-state index is 12.5. The summed E-state index contributed by atoms with van der Waals surface area (Å²) in [5.41, 5.74) is 2.17. The lowest BCUT2D eigenvalue weighted by atomic mass is 10.0. The van der Waals surface area contributed by atoms with Crippen molar-refractivity contribution >= 4 is 11.6 Å². The average molecular weight is 268 g/mol. The molecule has 2 N–H and O–H groups in total. The summed E-state index contributed by atoms with van der Waals surface area (Å²) in [7, 11) is 0. The molecule has 0 saturated carbocycles. The minimum atomic E-state index is -0.344. The number of amides is 1. The van der Waals surface area contributed by atoms with Crippen LogP contribution in [0, 0.1) is 0 Å². The van der Waals surface area contributed by atoms with Crippen LogP contribution in [0.15, 0.2) is 48.5 Å². The number of carbonyl (C=O) groups excluding carboxylic acids is 1. The van der Waals surface area contributed by atoms with E-state index in [9.17, 15) is 9.90 Å². The lowest BCUT2D eigenvalue weighted by Gasteiger charge is -2.37. The number of aromatic hydroxyl groups is 1. The highest BCUT2D eigenvalue weighted by molar-refractivity contribution is 6.01. The first-order chi connectivity index (χ1) is 9.72. The van der Waals surface area contributed by atoms with E-state index in [2.05, 4.69) is 5.32 Å². The maximum Gasteiger partial charge on any atom is 0.257 e. The summed E-state index contributed by atoms with van der Waals surface area (Å²) >= 11 is 0. The molecule has 0 radical (unpaired) electrons. The molecular formula is C16H16N2O2. The van der Waals surface area contributed by atoms with E-state index < -0.39 is 0 Å². The summed E-state index contributed by atoms with van der Waals surface area (Å²) < 4.78 is 0. The van der Waals surface area contributed by atoms with Gasteiger partial charge in [0.1, 0.15) is 11.9 Å². The van der Waals surface area contributed by atoms with Gasteiger partial charge < -0.3 is 15.3 Å². The molecule has 3 rings (SSSR count). The van der Waals surface area contributed by atoms with Crippen LogP contribution in [-0.2, 0) is 0 Å². The van der Waals surface area contributed by atoms with E-state index in [0.29, 0.717) is 17.7 Å². The Bertz CT molecular complexity index is 654. The Morgan fingerprint density at radius 3 is 2.60 bits per heavy atom. The smallest absolute Gasteiger partial charge is 0.257 e. The topological polar surface area (TPSA) is 52.6 Å². The zero-order chi connectivity index (χ0) is 14.1. The molecule has 0 aliphatic carbocycles. The van der Waals surface area contributed by atoms with Gasteiger partial charge in [0, 0.05) is 17.8 Å². The lowest BCUT2D eigenvalue weighted by molar-refractivity contribution is 0.0693. The molecule has 20 heavy (non-hydrogen) atoms. The van der Waals surface area contributed by atoms with Gasteiger partial charge in [-0.25, -0.2) is 0 Å². The van der Waals surface area contributed by atoms with E-state index in [1.54, 1.807) is 17.0 Å². The fraction of sp³-hybridized carbons (Fsp3) is 0.188. The molecule has 0 unspecified atom stereocenters. The number of para-hydroxylation sites is 2. The zero-order valence-electron chi connectivity index (χ0n) is 11.2. The molecule has 102 valence electrons. The highest BCUT2D eigenvalue weighted by Gasteiger charge is 2.32. The van der Waals surface area contributed by atoms with Crippen LogP contribution in [0.5, 0.6) is 5.75 Å². The predicted molar refractivity (Wildman–Crippen MR) is 77.6 cm³/mol. The van der Waals surface area contributed by atoms with E-state index in [1.165, 1.54) is 0 Å². The van der Waals surface area contributed by atoms with Crippen molar-refractivity contribution in [3.8, 4) is 5.75 Å². The Labute approximate surface area is 117 Å². The second-order valence-electron chi connectivity index (χ2n) is 4.74. The van der Waals surface area contributed by atoms with Crippen LogP contribution in [0.1, 0.15) is 29.0 Å². The normalized spacial score (nSPS) is 17.6. The Morgan fingerprint density at radius 2 is 1.85 bits per heavy atom. The molecule has 1 atom stereocenters. The molecule has 0 bridgehead atoms. The van der Waals surface area contributed by atoms with Gasteiger partial charge in [0.05, 0.1) is 5.56 Å². The van der Waals surface area contributed by atoms with Crippen molar-refractivity contribution in [2.75, 3.05) is 11.9 Å². The van der Waals surface area contributed by atoms with Gasteiger partial charge in [0.15, 0.2) is 0 Å². The highest BCUT2D eigenvalue weighted by atomic mass is 16.3. The Hall–Kier alpha value is -2.49. The summed E-state index contributed by atoms with van der Waals surface area (Å²) in [6.07, 6.45) is -0.344. The van der Waals surface area contributed by atoms with E-state index in [1.807, 2.05) is 43.3 Å². The van der Waals surface area contributed by atoms with Gasteiger partial charge in [-0.15, -0.1) is 0 Å². The summed E-state index contributed by atoms with van der Waals surface area (Å²) in [6, 6.07) is 14.5. The van der Waals surface area contributed by atoms with Crippen molar-refractivity contribution < 1.29 is 9.90 Å². The largest absolute Gasteiger partial charge is 0.508 e. The molecule has 1 amide bonds. The molecule has 4 heteroatoms. The first-order valence-electron chi connectivity index (χ1n) is 6.66. The second-order valence-corrected chi connectivity index (χ2v) is 4.74. The van der Waals surface area contributed by atoms with E-state index >= 15 is 0 Å². The molecule has 0 fully saturated rings. The van der Waals surface area contributed by atoms with Crippen molar-refractivity contribution in [1.29, 1.82) is 0 Å². The van der Waals surface area contributed by atoms with Crippen molar-refractivity contribution in [3.63, 3.8) is 0 Å². The minimum Gasteiger partial charge on any atom is -0.508 e. The van der Waals surface area contributed by atoms with Crippen molar-refractivity contribution in [2.45, 2.75) is 13.1 Å². The number of nitrogens with zero attached hydrogens (tertiary/aromatic N) is 1. The monoisotopic (exact) mass is 268 g/mol. The Balaban J connectivity index is 2.09. The van der Waals surface area contributed by atoms with Gasteiger partial charge in [-0.05, 0) is 25.1 Å². The Kier molecular flexibility index (Phi) is 3.06. The first-order valence-corrected chi connectivity index (χ1v) is 6.66. The van der Waals surface area contributed by atoms with Crippen LogP contribution in [-0.4, -0.2) is 22.5 Å². The highest BCUT2D eigenvalue weighted by Crippen LogP contribution is 2.35. The number of benzene rings is 2. The zero-order valence-corrected chi connectivity index (χ0v) is 11.2. The molecule has 2 aromatic rings. The molecule has 1 aliphatic heterocycles. The third-order valence-electron chi connectivity index (χ3n) is 3.59. The van der Waals surface area contributed by atoms with Crippen LogP contribution in [0.4, 0.5) is 5.69 Å². The van der Waals surface area contributed by atoms with Crippen LogP contribution in [0.25, 0.3) is 0 Å². The van der Waals surface area contributed by atoms with Crippen LogP contribution >= 0.6 is 0 Å². The molecular weight excluding hydrogens is 252 g/mol. The van der Waals surface area contributed by atoms with Crippen molar-refractivity contribution in [3.05, 3.63) is 59.7 Å². The number of hydrogen-bond donors (Lipinski definition) is 2. The van der Waals surface area contributed by atoms with Crippen LogP contribution in [0.3, 0.4) is 0 Å². The van der Waals surface area contributed by atoms with Crippen molar-refractivity contribution in [1.82, 2.24) is 4.90 Å². The minimum absolute atomic E-state index is 0.0184. The molecule has 0 saturated heterocycles. The third-order valence-corrected chi connectivity index (χ3v) is 3.59. The number of rotatable bonds is 2. The van der Waals surface area contributed by atoms with Gasteiger partial charge in [0.25, 0.3) is 5.91 Å². The van der Waals surface area contributed by atoms with E-state index in [-0.39, 0.29) is 17.8 Å². The van der Waals surface area contributed by atoms with Gasteiger partial charge in [-0.2, -0.15) is 0 Å². The van der Waals surface area contributed by atoms with Crippen LogP contribution in [0.2, 0.25) is 0 Å². The van der Waals surface area contributed by atoms with Crippen molar-refractivity contribution in [2.24, 2.45) is 0 Å². The average Bonchev–Trinajstić information content (AvgIpc) is 2.48. The number of phenols is 1. The number of fused-ring (bicyclic) bond motifs is 1. The van der Waals surface area contributed by atoms with E-state index in [4.69, 9.17) is 0 Å². The van der Waals surface area contributed by atoms with Gasteiger partial charge in [0.2, 0.25) is 0 Å². The van der Waals surface area contributed by atoms with E-state index in [0.717, 1.165) is 5.69 Å². The standard InChI is InChI=1S/C16H16N2O2/c1-2-18-15(12-8-4-6-10-14(12)19)17-13-9-5-3-7-11(13)16(18)20/h3-10,15,17,19H,2H2,1H3/t15-/m0/s1. The van der Waals surface area contributed by atoms with Gasteiger partial charge >= 0.3 is 0 Å². The van der Waals surface area contributed by atoms with Crippen LogP contribution < -0.4 is 5.32 Å². The number of nitrogens with one attached hydrogen (secondary N) is 1. The first kappa shape index (κ1) is 12.5. The molecule has 0 aromatic heterocycles. The molecule has 4 nitrogen and oxygen atoms in total. The van der Waals surface area contributed by atoms with Gasteiger partial charge in [-0.3, -0.25) is 4.79 Å². The molecule has 0 spiro atoms. The Morgan fingerprint density at radius 1 is 1.15 bits per heavy atom. The molecule has 1 heterocycles. The lowest BCUT2D eigenvalue weighted by Crippen LogP contribution is -2.42. The summed E-state index contributed by atoms with van der Waals surface area (Å²) in [5.74, 6) is 0.172.